The van der Waals surface area contributed by atoms with Gasteiger partial charge in [-0.2, -0.15) is 5.10 Å². The highest BCUT2D eigenvalue weighted by Crippen LogP contribution is 2.16. The van der Waals surface area contributed by atoms with E-state index >= 15 is 0 Å². The van der Waals surface area contributed by atoms with Gasteiger partial charge in [-0.1, -0.05) is 18.2 Å². The highest BCUT2D eigenvalue weighted by atomic mass is 35.5. The van der Waals surface area contributed by atoms with E-state index in [9.17, 15) is 9.90 Å². The van der Waals surface area contributed by atoms with Crippen LogP contribution in [0.1, 0.15) is 18.5 Å². The van der Waals surface area contributed by atoms with E-state index < -0.39 is 5.60 Å². The topological polar surface area (TPSA) is 90.0 Å². The molecular weight excluding hydrogens is 339 g/mol. The number of hydrogen-bond donors (Lipinski definition) is 4. The molecule has 1 saturated heterocycles. The number of piperidine rings is 1. The van der Waals surface area contributed by atoms with Gasteiger partial charge in [-0.25, -0.2) is 5.10 Å². The van der Waals surface area contributed by atoms with Gasteiger partial charge in [-0.3, -0.25) is 4.79 Å². The first-order valence-electron chi connectivity index (χ1n) is 7.28. The van der Waals surface area contributed by atoms with E-state index in [1.54, 1.807) is 6.07 Å². The summed E-state index contributed by atoms with van der Waals surface area (Å²) in [6.07, 6.45) is 1.78. The van der Waals surface area contributed by atoms with Gasteiger partial charge in [0.2, 0.25) is 0 Å². The Morgan fingerprint density at radius 3 is 2.70 bits per heavy atom. The molecule has 2 aromatic rings. The number of nitrogens with zero attached hydrogens (tertiary/aromatic N) is 1. The standard InChI is InChI=1S/C15H20N4O2.2ClH/c20-14-12-5-2-1-4-11(12)13(18-19-14)8-17-10-15(21)6-3-7-16-9-15;;/h1-2,4-5,16-17,21H,3,6-10H2,(H,19,20);2*1H. The van der Waals surface area contributed by atoms with Gasteiger partial charge >= 0.3 is 0 Å². The Hall–Kier alpha value is -1.18. The van der Waals surface area contributed by atoms with E-state index in [0.717, 1.165) is 30.5 Å². The Balaban J connectivity index is 0.00000132. The third-order valence-electron chi connectivity index (χ3n) is 3.97. The Bertz CT molecular complexity index is 686. The number of benzene rings is 1. The minimum absolute atomic E-state index is 0. The van der Waals surface area contributed by atoms with E-state index in [4.69, 9.17) is 0 Å². The van der Waals surface area contributed by atoms with Crippen LogP contribution in [0.25, 0.3) is 10.8 Å². The number of halogens is 2. The lowest BCUT2D eigenvalue weighted by Gasteiger charge is -2.32. The van der Waals surface area contributed by atoms with E-state index in [1.165, 1.54) is 0 Å². The molecule has 1 aliphatic rings. The molecule has 4 N–H and O–H groups in total. The number of fused-ring (bicyclic) bond motifs is 1. The number of H-pyrrole nitrogens is 1. The fourth-order valence-corrected chi connectivity index (χ4v) is 2.82. The lowest BCUT2D eigenvalue weighted by Crippen LogP contribution is -2.51. The van der Waals surface area contributed by atoms with E-state index in [2.05, 4.69) is 20.8 Å². The summed E-state index contributed by atoms with van der Waals surface area (Å²) in [5.74, 6) is 0. The molecule has 1 atom stereocenters. The first-order chi connectivity index (χ1) is 10.2. The zero-order valence-corrected chi connectivity index (χ0v) is 14.3. The maximum atomic E-state index is 11.7. The van der Waals surface area contributed by atoms with Crippen molar-refractivity contribution in [2.24, 2.45) is 0 Å². The van der Waals surface area contributed by atoms with Gasteiger partial charge in [0.1, 0.15) is 0 Å². The van der Waals surface area contributed by atoms with Crippen molar-refractivity contribution in [2.75, 3.05) is 19.6 Å². The van der Waals surface area contributed by atoms with Crippen LogP contribution in [0.3, 0.4) is 0 Å². The molecule has 0 bridgehead atoms. The Morgan fingerprint density at radius 1 is 1.26 bits per heavy atom. The van der Waals surface area contributed by atoms with E-state index in [0.29, 0.717) is 25.0 Å². The van der Waals surface area contributed by atoms with Crippen LogP contribution in [0, 0.1) is 0 Å². The summed E-state index contributed by atoms with van der Waals surface area (Å²) in [5, 5.41) is 25.0. The quantitative estimate of drug-likeness (QED) is 0.652. The fraction of sp³-hybridized carbons (Fsp3) is 0.467. The van der Waals surface area contributed by atoms with Crippen molar-refractivity contribution >= 4 is 35.6 Å². The average Bonchev–Trinajstić information content (AvgIpc) is 2.50. The van der Waals surface area contributed by atoms with Crippen molar-refractivity contribution in [3.8, 4) is 0 Å². The van der Waals surface area contributed by atoms with Crippen LogP contribution in [0.5, 0.6) is 0 Å². The first kappa shape index (κ1) is 19.9. The second-order valence-electron chi connectivity index (χ2n) is 5.65. The average molecular weight is 361 g/mol. The molecule has 0 radical (unpaired) electrons. The maximum Gasteiger partial charge on any atom is 0.272 e. The van der Waals surface area contributed by atoms with Crippen molar-refractivity contribution in [2.45, 2.75) is 25.0 Å². The van der Waals surface area contributed by atoms with Gasteiger partial charge in [-0.05, 0) is 25.5 Å². The van der Waals surface area contributed by atoms with Crippen LogP contribution in [0.15, 0.2) is 29.1 Å². The Kier molecular flexibility index (Phi) is 7.44. The molecule has 0 saturated carbocycles. The first-order valence-corrected chi connectivity index (χ1v) is 7.28. The third kappa shape index (κ3) is 4.65. The predicted molar refractivity (Wildman–Crippen MR) is 95.6 cm³/mol. The van der Waals surface area contributed by atoms with Crippen LogP contribution in [-0.4, -0.2) is 40.5 Å². The number of nitrogens with one attached hydrogen (secondary N) is 3. The highest BCUT2D eigenvalue weighted by Gasteiger charge is 2.28. The molecule has 0 amide bonds. The summed E-state index contributed by atoms with van der Waals surface area (Å²) in [7, 11) is 0. The Labute approximate surface area is 146 Å². The third-order valence-corrected chi connectivity index (χ3v) is 3.97. The fourth-order valence-electron chi connectivity index (χ4n) is 2.82. The second-order valence-corrected chi connectivity index (χ2v) is 5.65. The molecule has 1 aromatic carbocycles. The molecule has 2 heterocycles. The van der Waals surface area contributed by atoms with E-state index in [1.807, 2.05) is 18.2 Å². The number of aromatic amines is 1. The summed E-state index contributed by atoms with van der Waals surface area (Å²) in [6.45, 7) is 2.60. The van der Waals surface area contributed by atoms with Crippen LogP contribution in [0.4, 0.5) is 0 Å². The molecular formula is C15H22Cl2N4O2. The summed E-state index contributed by atoms with van der Waals surface area (Å²) < 4.78 is 0. The predicted octanol–water partition coefficient (Wildman–Crippen LogP) is 0.971. The van der Waals surface area contributed by atoms with Crippen molar-refractivity contribution in [1.82, 2.24) is 20.8 Å². The summed E-state index contributed by atoms with van der Waals surface area (Å²) in [5.41, 5.74) is -0.0852. The molecule has 23 heavy (non-hydrogen) atoms. The van der Waals surface area contributed by atoms with Crippen molar-refractivity contribution in [3.63, 3.8) is 0 Å². The molecule has 8 heteroatoms. The number of β-amino-alcohol motifs (C(OH)–C–C–N with tert-alkyl or cyclic N) is 1. The largest absolute Gasteiger partial charge is 0.387 e. The smallest absolute Gasteiger partial charge is 0.272 e. The maximum absolute atomic E-state index is 11.7. The highest BCUT2D eigenvalue weighted by molar-refractivity contribution is 5.85. The second kappa shape index (κ2) is 8.61. The molecule has 1 fully saturated rings. The number of hydrogen-bond acceptors (Lipinski definition) is 5. The molecule has 0 aliphatic carbocycles. The van der Waals surface area contributed by atoms with E-state index in [-0.39, 0.29) is 30.4 Å². The lowest BCUT2D eigenvalue weighted by molar-refractivity contribution is 0.0168. The van der Waals surface area contributed by atoms with Gasteiger partial charge in [0.25, 0.3) is 5.56 Å². The Morgan fingerprint density at radius 2 is 2.00 bits per heavy atom. The van der Waals surface area contributed by atoms with Crippen molar-refractivity contribution in [1.29, 1.82) is 0 Å². The zero-order chi connectivity index (χ0) is 14.7. The van der Waals surface area contributed by atoms with Gasteiger partial charge in [-0.15, -0.1) is 24.8 Å². The molecule has 0 spiro atoms. The molecule has 1 unspecified atom stereocenters. The summed E-state index contributed by atoms with van der Waals surface area (Å²) >= 11 is 0. The van der Waals surface area contributed by atoms with Gasteiger partial charge in [0.15, 0.2) is 0 Å². The minimum Gasteiger partial charge on any atom is -0.387 e. The van der Waals surface area contributed by atoms with Crippen LogP contribution in [-0.2, 0) is 6.54 Å². The normalized spacial score (nSPS) is 20.6. The number of aromatic nitrogens is 2. The van der Waals surface area contributed by atoms with Crippen LogP contribution in [0.2, 0.25) is 0 Å². The van der Waals surface area contributed by atoms with Crippen molar-refractivity contribution in [3.05, 3.63) is 40.3 Å². The molecule has 6 nitrogen and oxygen atoms in total. The van der Waals surface area contributed by atoms with Crippen LogP contribution < -0.4 is 16.2 Å². The molecule has 1 aliphatic heterocycles. The molecule has 1 aromatic heterocycles. The lowest BCUT2D eigenvalue weighted by atomic mass is 9.94. The monoisotopic (exact) mass is 360 g/mol. The zero-order valence-electron chi connectivity index (χ0n) is 12.7. The van der Waals surface area contributed by atoms with Gasteiger partial charge in [0.05, 0.1) is 16.7 Å². The van der Waals surface area contributed by atoms with Crippen molar-refractivity contribution < 1.29 is 5.11 Å². The van der Waals surface area contributed by atoms with Gasteiger partial charge < -0.3 is 15.7 Å². The number of aliphatic hydroxyl groups is 1. The molecule has 128 valence electrons. The number of rotatable bonds is 4. The minimum atomic E-state index is -0.698. The van der Waals surface area contributed by atoms with Crippen LogP contribution >= 0.6 is 24.8 Å². The van der Waals surface area contributed by atoms with Gasteiger partial charge in [0, 0.05) is 25.0 Å². The summed E-state index contributed by atoms with van der Waals surface area (Å²) in [4.78, 5) is 11.7. The SMILES string of the molecule is Cl.Cl.O=c1[nH]nc(CNCC2(O)CCCNC2)c2ccccc12. The summed E-state index contributed by atoms with van der Waals surface area (Å²) in [6, 6.07) is 7.42. The molecule has 3 rings (SSSR count).